The van der Waals surface area contributed by atoms with E-state index in [-0.39, 0.29) is 6.61 Å². The molecule has 0 bridgehead atoms. The molecular weight excluding hydrogens is 242 g/mol. The molecule has 0 spiro atoms. The Morgan fingerprint density at radius 3 is 2.74 bits per heavy atom. The van der Waals surface area contributed by atoms with Gasteiger partial charge in [-0.25, -0.2) is 0 Å². The molecular formula is C13H21N5O. The number of rotatable bonds is 6. The summed E-state index contributed by atoms with van der Waals surface area (Å²) < 4.78 is 3.66. The smallest absolute Gasteiger partial charge is 0.0641 e. The van der Waals surface area contributed by atoms with E-state index >= 15 is 0 Å². The van der Waals surface area contributed by atoms with Gasteiger partial charge in [-0.3, -0.25) is 9.36 Å². The molecule has 0 aliphatic carbocycles. The minimum Gasteiger partial charge on any atom is -0.394 e. The predicted octanol–water partition coefficient (Wildman–Crippen LogP) is 0.516. The molecule has 0 atom stereocenters. The summed E-state index contributed by atoms with van der Waals surface area (Å²) in [6.07, 6.45) is 3.78. The first-order chi connectivity index (χ1) is 9.11. The number of nitrogens with zero attached hydrogens (tertiary/aromatic N) is 4. The van der Waals surface area contributed by atoms with Gasteiger partial charge in [0.15, 0.2) is 0 Å². The molecule has 2 rings (SSSR count). The van der Waals surface area contributed by atoms with E-state index in [1.54, 1.807) is 4.68 Å². The fourth-order valence-electron chi connectivity index (χ4n) is 2.13. The number of aryl methyl sites for hydroxylation is 2. The molecule has 2 heterocycles. The highest BCUT2D eigenvalue weighted by molar-refractivity contribution is 5.24. The van der Waals surface area contributed by atoms with Crippen LogP contribution in [0.25, 0.3) is 0 Å². The Kier molecular flexibility index (Phi) is 4.34. The Balaban J connectivity index is 1.89. The number of aliphatic hydroxyl groups excluding tert-OH is 1. The van der Waals surface area contributed by atoms with Crippen LogP contribution in [0.5, 0.6) is 0 Å². The summed E-state index contributed by atoms with van der Waals surface area (Å²) in [7, 11) is 1.96. The standard InChI is InChI=1S/C13H21N5O/c1-10-13(11(2)17(3)16-10)8-14-6-12-7-15-18(9-12)4-5-19/h7,9,14,19H,4-6,8H2,1-3H3. The lowest BCUT2D eigenvalue weighted by Crippen LogP contribution is -2.13. The Labute approximate surface area is 113 Å². The van der Waals surface area contributed by atoms with Crippen molar-refractivity contribution in [2.45, 2.75) is 33.5 Å². The Morgan fingerprint density at radius 1 is 1.32 bits per heavy atom. The van der Waals surface area contributed by atoms with Crippen LogP contribution in [0.4, 0.5) is 0 Å². The molecule has 6 heteroatoms. The molecule has 0 fully saturated rings. The summed E-state index contributed by atoms with van der Waals surface area (Å²) in [6.45, 7) is 6.33. The van der Waals surface area contributed by atoms with Crippen LogP contribution in [0.2, 0.25) is 0 Å². The van der Waals surface area contributed by atoms with Crippen LogP contribution in [0.3, 0.4) is 0 Å². The first-order valence-corrected chi connectivity index (χ1v) is 6.43. The number of hydrogen-bond donors (Lipinski definition) is 2. The van der Waals surface area contributed by atoms with E-state index < -0.39 is 0 Å². The van der Waals surface area contributed by atoms with Crippen LogP contribution in [0, 0.1) is 13.8 Å². The van der Waals surface area contributed by atoms with Crippen LogP contribution in [0.15, 0.2) is 12.4 Å². The zero-order chi connectivity index (χ0) is 13.8. The second-order valence-electron chi connectivity index (χ2n) is 4.71. The second kappa shape index (κ2) is 5.99. The average Bonchev–Trinajstić information content (AvgIpc) is 2.90. The molecule has 0 unspecified atom stereocenters. The van der Waals surface area contributed by atoms with Crippen LogP contribution >= 0.6 is 0 Å². The Morgan fingerprint density at radius 2 is 2.11 bits per heavy atom. The summed E-state index contributed by atoms with van der Waals surface area (Å²) >= 11 is 0. The SMILES string of the molecule is Cc1nn(C)c(C)c1CNCc1cnn(CCO)c1. The van der Waals surface area contributed by atoms with Gasteiger partial charge in [0.1, 0.15) is 0 Å². The quantitative estimate of drug-likeness (QED) is 0.797. The number of nitrogens with one attached hydrogen (secondary N) is 1. The van der Waals surface area contributed by atoms with Crippen LogP contribution in [-0.2, 0) is 26.7 Å². The van der Waals surface area contributed by atoms with Crippen molar-refractivity contribution in [3.05, 3.63) is 34.9 Å². The summed E-state index contributed by atoms with van der Waals surface area (Å²) in [5.74, 6) is 0. The first-order valence-electron chi connectivity index (χ1n) is 6.43. The van der Waals surface area contributed by atoms with Crippen molar-refractivity contribution in [1.29, 1.82) is 0 Å². The second-order valence-corrected chi connectivity index (χ2v) is 4.71. The first kappa shape index (κ1) is 13.8. The molecule has 2 aromatic heterocycles. The predicted molar refractivity (Wildman–Crippen MR) is 72.5 cm³/mol. The van der Waals surface area contributed by atoms with Gasteiger partial charge in [-0.15, -0.1) is 0 Å². The van der Waals surface area contributed by atoms with Crippen molar-refractivity contribution in [1.82, 2.24) is 24.9 Å². The molecule has 0 aromatic carbocycles. The summed E-state index contributed by atoms with van der Waals surface area (Å²) in [6, 6.07) is 0. The van der Waals surface area contributed by atoms with Gasteiger partial charge in [0, 0.05) is 43.2 Å². The zero-order valence-corrected chi connectivity index (χ0v) is 11.7. The minimum absolute atomic E-state index is 0.114. The molecule has 0 radical (unpaired) electrons. The summed E-state index contributed by atoms with van der Waals surface area (Å²) in [5, 5.41) is 20.8. The zero-order valence-electron chi connectivity index (χ0n) is 11.7. The Bertz CT molecular complexity index is 543. The molecule has 2 N–H and O–H groups in total. The normalized spacial score (nSPS) is 11.2. The van der Waals surface area contributed by atoms with Crippen LogP contribution < -0.4 is 5.32 Å². The lowest BCUT2D eigenvalue weighted by molar-refractivity contribution is 0.269. The van der Waals surface area contributed by atoms with Crippen molar-refractivity contribution >= 4 is 0 Å². The van der Waals surface area contributed by atoms with Gasteiger partial charge in [0.2, 0.25) is 0 Å². The largest absolute Gasteiger partial charge is 0.394 e. The van der Waals surface area contributed by atoms with Gasteiger partial charge < -0.3 is 10.4 Å². The van der Waals surface area contributed by atoms with E-state index in [1.807, 2.05) is 31.0 Å². The molecule has 104 valence electrons. The maximum absolute atomic E-state index is 8.83. The monoisotopic (exact) mass is 263 g/mol. The highest BCUT2D eigenvalue weighted by atomic mass is 16.3. The molecule has 0 aliphatic rings. The highest BCUT2D eigenvalue weighted by Gasteiger charge is 2.08. The maximum Gasteiger partial charge on any atom is 0.0641 e. The van der Waals surface area contributed by atoms with Crippen LogP contribution in [-0.4, -0.2) is 31.3 Å². The van der Waals surface area contributed by atoms with E-state index in [0.29, 0.717) is 6.54 Å². The van der Waals surface area contributed by atoms with Gasteiger partial charge in [-0.05, 0) is 13.8 Å². The molecule has 2 aromatic rings. The van der Waals surface area contributed by atoms with Crippen molar-refractivity contribution in [3.8, 4) is 0 Å². The van der Waals surface area contributed by atoms with Crippen molar-refractivity contribution < 1.29 is 5.11 Å². The lowest BCUT2D eigenvalue weighted by atomic mass is 10.2. The molecule has 0 aliphatic heterocycles. The molecule has 0 saturated carbocycles. The van der Waals surface area contributed by atoms with Crippen molar-refractivity contribution in [3.63, 3.8) is 0 Å². The number of hydrogen-bond acceptors (Lipinski definition) is 4. The fourth-order valence-corrected chi connectivity index (χ4v) is 2.13. The molecule has 6 nitrogen and oxygen atoms in total. The van der Waals surface area contributed by atoms with Gasteiger partial charge in [0.25, 0.3) is 0 Å². The van der Waals surface area contributed by atoms with Gasteiger partial charge in [-0.2, -0.15) is 10.2 Å². The molecule has 0 saturated heterocycles. The third kappa shape index (κ3) is 3.21. The summed E-state index contributed by atoms with van der Waals surface area (Å²) in [4.78, 5) is 0. The fraction of sp³-hybridized carbons (Fsp3) is 0.538. The summed E-state index contributed by atoms with van der Waals surface area (Å²) in [5.41, 5.74) is 4.64. The van der Waals surface area contributed by atoms with Crippen molar-refractivity contribution in [2.24, 2.45) is 7.05 Å². The van der Waals surface area contributed by atoms with Crippen molar-refractivity contribution in [2.75, 3.05) is 6.61 Å². The number of aromatic nitrogens is 4. The highest BCUT2D eigenvalue weighted by Crippen LogP contribution is 2.11. The van der Waals surface area contributed by atoms with Crippen LogP contribution in [0.1, 0.15) is 22.5 Å². The van der Waals surface area contributed by atoms with Gasteiger partial charge in [0.05, 0.1) is 25.0 Å². The van der Waals surface area contributed by atoms with E-state index in [2.05, 4.69) is 22.4 Å². The molecule has 0 amide bonds. The van der Waals surface area contributed by atoms with E-state index in [0.717, 1.165) is 24.3 Å². The Hall–Kier alpha value is -1.66. The molecule has 19 heavy (non-hydrogen) atoms. The van der Waals surface area contributed by atoms with E-state index in [9.17, 15) is 0 Å². The minimum atomic E-state index is 0.114. The lowest BCUT2D eigenvalue weighted by Gasteiger charge is -2.04. The number of aliphatic hydroxyl groups is 1. The van der Waals surface area contributed by atoms with E-state index in [1.165, 1.54) is 11.3 Å². The topological polar surface area (TPSA) is 67.9 Å². The van der Waals surface area contributed by atoms with Gasteiger partial charge in [-0.1, -0.05) is 0 Å². The maximum atomic E-state index is 8.83. The third-order valence-electron chi connectivity index (χ3n) is 3.31. The van der Waals surface area contributed by atoms with Gasteiger partial charge >= 0.3 is 0 Å². The third-order valence-corrected chi connectivity index (χ3v) is 3.31. The van der Waals surface area contributed by atoms with E-state index in [4.69, 9.17) is 5.11 Å². The average molecular weight is 263 g/mol.